The number of halogens is 1. The van der Waals surface area contributed by atoms with Crippen LogP contribution in [-0.4, -0.2) is 37.0 Å². The van der Waals surface area contributed by atoms with Crippen molar-refractivity contribution in [3.05, 3.63) is 0 Å². The van der Waals surface area contributed by atoms with Gasteiger partial charge in [0.25, 0.3) is 0 Å². The summed E-state index contributed by atoms with van der Waals surface area (Å²) < 4.78 is 0. The first-order valence-corrected chi connectivity index (χ1v) is 7.50. The molecule has 2 rings (SSSR count). The van der Waals surface area contributed by atoms with Gasteiger partial charge in [-0.3, -0.25) is 4.79 Å². The van der Waals surface area contributed by atoms with Gasteiger partial charge in [0, 0.05) is 19.5 Å². The lowest BCUT2D eigenvalue weighted by Gasteiger charge is -2.27. The van der Waals surface area contributed by atoms with E-state index in [0.29, 0.717) is 12.3 Å². The fourth-order valence-corrected chi connectivity index (χ4v) is 3.11. The Kier molecular flexibility index (Phi) is 6.13. The third kappa shape index (κ3) is 4.35. The van der Waals surface area contributed by atoms with Gasteiger partial charge in [-0.2, -0.15) is 0 Å². The Bertz CT molecular complexity index is 293. The van der Waals surface area contributed by atoms with Gasteiger partial charge in [0.15, 0.2) is 0 Å². The summed E-state index contributed by atoms with van der Waals surface area (Å²) in [5, 5.41) is 3.48. The fraction of sp³-hybridized carbons (Fsp3) is 0.933. The van der Waals surface area contributed by atoms with E-state index in [1.165, 1.54) is 12.8 Å². The van der Waals surface area contributed by atoms with E-state index in [9.17, 15) is 4.79 Å². The van der Waals surface area contributed by atoms with Gasteiger partial charge in [-0.15, -0.1) is 12.4 Å². The Morgan fingerprint density at radius 2 is 1.74 bits per heavy atom. The minimum atomic E-state index is 0. The van der Waals surface area contributed by atoms with Crippen LogP contribution in [0.1, 0.15) is 46.5 Å². The van der Waals surface area contributed by atoms with E-state index in [2.05, 4.69) is 31.0 Å². The number of amides is 1. The highest BCUT2D eigenvalue weighted by atomic mass is 35.5. The van der Waals surface area contributed by atoms with Crippen LogP contribution in [0.2, 0.25) is 0 Å². The van der Waals surface area contributed by atoms with E-state index in [0.717, 1.165) is 44.4 Å². The van der Waals surface area contributed by atoms with Crippen LogP contribution < -0.4 is 5.32 Å². The molecule has 0 bridgehead atoms. The Morgan fingerprint density at radius 1 is 1.21 bits per heavy atom. The second-order valence-electron chi connectivity index (χ2n) is 6.83. The highest BCUT2D eigenvalue weighted by molar-refractivity contribution is 5.85. The van der Waals surface area contributed by atoms with Gasteiger partial charge in [-0.25, -0.2) is 0 Å². The van der Waals surface area contributed by atoms with Crippen molar-refractivity contribution in [3.8, 4) is 0 Å². The van der Waals surface area contributed by atoms with Gasteiger partial charge in [0.1, 0.15) is 0 Å². The number of fused-ring (bicyclic) bond motifs is 1. The van der Waals surface area contributed by atoms with Crippen LogP contribution in [0.5, 0.6) is 0 Å². The van der Waals surface area contributed by atoms with Crippen molar-refractivity contribution in [2.75, 3.05) is 26.2 Å². The molecule has 2 aliphatic rings. The molecule has 4 heteroatoms. The van der Waals surface area contributed by atoms with Crippen LogP contribution >= 0.6 is 12.4 Å². The minimum Gasteiger partial charge on any atom is -0.343 e. The highest BCUT2D eigenvalue weighted by Crippen LogP contribution is 2.29. The molecule has 0 radical (unpaired) electrons. The molecule has 2 atom stereocenters. The van der Waals surface area contributed by atoms with E-state index < -0.39 is 0 Å². The lowest BCUT2D eigenvalue weighted by Crippen LogP contribution is -2.35. The molecule has 0 saturated carbocycles. The van der Waals surface area contributed by atoms with E-state index >= 15 is 0 Å². The molecule has 0 aromatic heterocycles. The molecule has 1 N–H and O–H groups in total. The molecule has 0 aliphatic carbocycles. The smallest absolute Gasteiger partial charge is 0.223 e. The molecule has 112 valence electrons. The number of nitrogens with zero attached hydrogens (tertiary/aromatic N) is 1. The van der Waals surface area contributed by atoms with Crippen molar-refractivity contribution in [3.63, 3.8) is 0 Å². The Labute approximate surface area is 123 Å². The number of carbonyl (C=O) groups is 1. The minimum absolute atomic E-state index is 0. The Balaban J connectivity index is 0.00000180. The lowest BCUT2D eigenvalue weighted by atomic mass is 9.86. The van der Waals surface area contributed by atoms with E-state index in [1.54, 1.807) is 0 Å². The summed E-state index contributed by atoms with van der Waals surface area (Å²) in [7, 11) is 0. The topological polar surface area (TPSA) is 32.3 Å². The van der Waals surface area contributed by atoms with Crippen molar-refractivity contribution < 1.29 is 4.79 Å². The number of likely N-dealkylation sites (tertiary alicyclic amines) is 1. The number of hydrogen-bond acceptors (Lipinski definition) is 2. The van der Waals surface area contributed by atoms with Crippen molar-refractivity contribution in [2.24, 2.45) is 17.3 Å². The zero-order chi connectivity index (χ0) is 13.2. The summed E-state index contributed by atoms with van der Waals surface area (Å²) >= 11 is 0. The zero-order valence-corrected chi connectivity index (χ0v) is 13.4. The summed E-state index contributed by atoms with van der Waals surface area (Å²) in [6.07, 6.45) is 4.16. The maximum atomic E-state index is 12.4. The first-order valence-electron chi connectivity index (χ1n) is 7.50. The van der Waals surface area contributed by atoms with Crippen LogP contribution in [0.4, 0.5) is 0 Å². The van der Waals surface area contributed by atoms with Gasteiger partial charge in [0.2, 0.25) is 5.91 Å². The SMILES string of the molecule is CCC(C)(C)CC(=O)N1CC[C@@H]2CNC[C@@H]2CC1.Cl. The van der Waals surface area contributed by atoms with Crippen LogP contribution in [0, 0.1) is 17.3 Å². The summed E-state index contributed by atoms with van der Waals surface area (Å²) in [6, 6.07) is 0. The van der Waals surface area contributed by atoms with Crippen molar-refractivity contribution in [1.82, 2.24) is 10.2 Å². The molecule has 19 heavy (non-hydrogen) atoms. The van der Waals surface area contributed by atoms with Crippen LogP contribution in [0.3, 0.4) is 0 Å². The molecule has 0 spiro atoms. The largest absolute Gasteiger partial charge is 0.343 e. The molecular weight excluding hydrogens is 260 g/mol. The van der Waals surface area contributed by atoms with E-state index in [-0.39, 0.29) is 17.8 Å². The van der Waals surface area contributed by atoms with Crippen LogP contribution in [-0.2, 0) is 4.79 Å². The molecule has 1 amide bonds. The second-order valence-corrected chi connectivity index (χ2v) is 6.83. The number of carbonyl (C=O) groups excluding carboxylic acids is 1. The summed E-state index contributed by atoms with van der Waals surface area (Å²) in [4.78, 5) is 14.5. The third-order valence-electron chi connectivity index (χ3n) is 4.96. The Hall–Kier alpha value is -0.280. The fourth-order valence-electron chi connectivity index (χ4n) is 3.11. The van der Waals surface area contributed by atoms with Gasteiger partial charge < -0.3 is 10.2 Å². The molecule has 3 nitrogen and oxygen atoms in total. The molecule has 0 unspecified atom stereocenters. The van der Waals surface area contributed by atoms with E-state index in [1.807, 2.05) is 0 Å². The summed E-state index contributed by atoms with van der Waals surface area (Å²) in [6.45, 7) is 10.8. The highest BCUT2D eigenvalue weighted by Gasteiger charge is 2.32. The van der Waals surface area contributed by atoms with Gasteiger partial charge in [-0.1, -0.05) is 27.2 Å². The quantitative estimate of drug-likeness (QED) is 0.866. The molecule has 2 saturated heterocycles. The van der Waals surface area contributed by atoms with Gasteiger partial charge >= 0.3 is 0 Å². The standard InChI is InChI=1S/C15H28N2O.ClH/c1-4-15(2,3)9-14(18)17-7-5-12-10-16-11-13(12)6-8-17;/h12-13,16H,4-11H2,1-3H3;1H/t12-,13+;. The van der Waals surface area contributed by atoms with Crippen LogP contribution in [0.25, 0.3) is 0 Å². The maximum Gasteiger partial charge on any atom is 0.223 e. The Morgan fingerprint density at radius 3 is 2.21 bits per heavy atom. The molecular formula is C15H29ClN2O. The molecule has 0 aromatic carbocycles. The normalized spacial score (nSPS) is 27.4. The van der Waals surface area contributed by atoms with Crippen LogP contribution in [0.15, 0.2) is 0 Å². The zero-order valence-electron chi connectivity index (χ0n) is 12.6. The molecule has 2 heterocycles. The lowest BCUT2D eigenvalue weighted by molar-refractivity contribution is -0.133. The van der Waals surface area contributed by atoms with E-state index in [4.69, 9.17) is 0 Å². The predicted molar refractivity (Wildman–Crippen MR) is 81.6 cm³/mol. The molecule has 0 aromatic rings. The molecule has 2 fully saturated rings. The summed E-state index contributed by atoms with van der Waals surface area (Å²) in [5.41, 5.74) is 0.154. The van der Waals surface area contributed by atoms with Crippen molar-refractivity contribution in [1.29, 1.82) is 0 Å². The number of rotatable bonds is 3. The number of hydrogen-bond donors (Lipinski definition) is 1. The monoisotopic (exact) mass is 288 g/mol. The van der Waals surface area contributed by atoms with Gasteiger partial charge in [-0.05, 0) is 43.2 Å². The first-order chi connectivity index (χ1) is 8.52. The first kappa shape index (κ1) is 16.8. The average Bonchev–Trinajstić information content (AvgIpc) is 2.67. The molecule has 2 aliphatic heterocycles. The maximum absolute atomic E-state index is 12.4. The summed E-state index contributed by atoms with van der Waals surface area (Å²) in [5.74, 6) is 1.98. The van der Waals surface area contributed by atoms with Crippen molar-refractivity contribution in [2.45, 2.75) is 46.5 Å². The third-order valence-corrected chi connectivity index (χ3v) is 4.96. The predicted octanol–water partition coefficient (Wildman–Crippen LogP) is 2.69. The number of nitrogens with one attached hydrogen (secondary N) is 1. The van der Waals surface area contributed by atoms with Crippen molar-refractivity contribution >= 4 is 18.3 Å². The second kappa shape index (κ2) is 6.94. The average molecular weight is 289 g/mol. The van der Waals surface area contributed by atoms with Gasteiger partial charge in [0.05, 0.1) is 0 Å².